The van der Waals surface area contributed by atoms with Gasteiger partial charge in [-0.15, -0.1) is 0 Å². The summed E-state index contributed by atoms with van der Waals surface area (Å²) in [6, 6.07) is 0.422. The second-order valence-corrected chi connectivity index (χ2v) is 5.36. The Morgan fingerprint density at radius 1 is 1.35 bits per heavy atom. The van der Waals surface area contributed by atoms with Crippen LogP contribution in [0.15, 0.2) is 18.6 Å². The summed E-state index contributed by atoms with van der Waals surface area (Å²) in [7, 11) is 0. The van der Waals surface area contributed by atoms with Crippen molar-refractivity contribution in [1.29, 1.82) is 0 Å². The molecule has 6 nitrogen and oxygen atoms in total. The van der Waals surface area contributed by atoms with Crippen molar-refractivity contribution in [3.05, 3.63) is 18.6 Å². The van der Waals surface area contributed by atoms with Crippen molar-refractivity contribution in [3.8, 4) is 0 Å². The van der Waals surface area contributed by atoms with Crippen LogP contribution in [0.1, 0.15) is 32.1 Å². The molecule has 0 bridgehead atoms. The Labute approximate surface area is 118 Å². The van der Waals surface area contributed by atoms with Crippen molar-refractivity contribution in [2.24, 2.45) is 0 Å². The largest absolute Gasteiger partial charge is 0.395 e. The van der Waals surface area contributed by atoms with Crippen molar-refractivity contribution in [3.63, 3.8) is 0 Å². The fourth-order valence-electron chi connectivity index (χ4n) is 3.09. The van der Waals surface area contributed by atoms with E-state index in [0.717, 1.165) is 24.3 Å². The average Bonchev–Trinajstić information content (AvgIpc) is 2.93. The van der Waals surface area contributed by atoms with E-state index in [1.165, 1.54) is 19.3 Å². The van der Waals surface area contributed by atoms with Gasteiger partial charge in [0.25, 0.3) is 0 Å². The number of anilines is 2. The Bertz CT molecular complexity index is 576. The molecule has 1 aliphatic rings. The van der Waals surface area contributed by atoms with Crippen LogP contribution >= 0.6 is 0 Å². The van der Waals surface area contributed by atoms with Gasteiger partial charge in [-0.2, -0.15) is 0 Å². The van der Waals surface area contributed by atoms with Gasteiger partial charge in [0.2, 0.25) is 0 Å². The summed E-state index contributed by atoms with van der Waals surface area (Å²) in [5.74, 6) is 1.26. The zero-order chi connectivity index (χ0) is 13.9. The summed E-state index contributed by atoms with van der Waals surface area (Å²) in [6.07, 6.45) is 11.4. The molecule has 0 aliphatic heterocycles. The molecule has 108 valence electrons. The van der Waals surface area contributed by atoms with Gasteiger partial charge in [0.15, 0.2) is 11.5 Å². The van der Waals surface area contributed by atoms with E-state index >= 15 is 0 Å². The van der Waals surface area contributed by atoms with Crippen molar-refractivity contribution >= 4 is 17.3 Å². The van der Waals surface area contributed by atoms with Crippen LogP contribution in [0.2, 0.25) is 0 Å². The summed E-state index contributed by atoms with van der Waals surface area (Å²) >= 11 is 0. The van der Waals surface area contributed by atoms with E-state index in [0.29, 0.717) is 18.4 Å². The highest BCUT2D eigenvalue weighted by Crippen LogP contribution is 2.28. The molecule has 2 heterocycles. The fraction of sp³-hybridized carbons (Fsp3) is 0.571. The predicted octanol–water partition coefficient (Wildman–Crippen LogP) is 1.44. The molecule has 1 saturated carbocycles. The van der Waals surface area contributed by atoms with E-state index in [-0.39, 0.29) is 6.61 Å². The lowest BCUT2D eigenvalue weighted by Crippen LogP contribution is -2.39. The molecule has 0 spiro atoms. The third-order valence-corrected chi connectivity index (χ3v) is 4.00. The molecule has 1 fully saturated rings. The molecule has 0 unspecified atom stereocenters. The molecule has 3 N–H and O–H groups in total. The lowest BCUT2D eigenvalue weighted by molar-refractivity contribution is 0.289. The Balaban J connectivity index is 2.01. The van der Waals surface area contributed by atoms with E-state index in [9.17, 15) is 5.11 Å². The second-order valence-electron chi connectivity index (χ2n) is 5.36. The molecule has 0 radical (unpaired) electrons. The van der Waals surface area contributed by atoms with Crippen molar-refractivity contribution in [2.45, 2.75) is 38.1 Å². The lowest BCUT2D eigenvalue weighted by atomic mass is 9.94. The highest BCUT2D eigenvalue weighted by atomic mass is 16.3. The van der Waals surface area contributed by atoms with Crippen LogP contribution in [0.25, 0.3) is 5.65 Å². The third-order valence-electron chi connectivity index (χ3n) is 4.00. The number of fused-ring (bicyclic) bond motifs is 1. The summed E-state index contributed by atoms with van der Waals surface area (Å²) in [5.41, 5.74) is 6.70. The van der Waals surface area contributed by atoms with Gasteiger partial charge in [0.05, 0.1) is 12.8 Å². The molecule has 1 aliphatic carbocycles. The van der Waals surface area contributed by atoms with Gasteiger partial charge >= 0.3 is 0 Å². The van der Waals surface area contributed by atoms with E-state index in [4.69, 9.17) is 5.73 Å². The Kier molecular flexibility index (Phi) is 3.73. The average molecular weight is 275 g/mol. The number of nitrogens with two attached hydrogens (primary N) is 1. The van der Waals surface area contributed by atoms with Crippen LogP contribution in [0.4, 0.5) is 11.6 Å². The van der Waals surface area contributed by atoms with E-state index in [1.807, 2.05) is 10.6 Å². The summed E-state index contributed by atoms with van der Waals surface area (Å²) in [5, 5.41) is 9.39. The highest BCUT2D eigenvalue weighted by Gasteiger charge is 2.24. The number of aromatic nitrogens is 3. The van der Waals surface area contributed by atoms with Crippen LogP contribution in [0.3, 0.4) is 0 Å². The van der Waals surface area contributed by atoms with Crippen molar-refractivity contribution in [2.75, 3.05) is 23.8 Å². The second kappa shape index (κ2) is 5.66. The molecule has 0 saturated heterocycles. The van der Waals surface area contributed by atoms with Gasteiger partial charge in [0, 0.05) is 25.0 Å². The smallest absolute Gasteiger partial charge is 0.180 e. The van der Waals surface area contributed by atoms with Crippen molar-refractivity contribution < 1.29 is 5.11 Å². The zero-order valence-corrected chi connectivity index (χ0v) is 11.6. The molecule has 2 aromatic heterocycles. The van der Waals surface area contributed by atoms with E-state index in [1.54, 1.807) is 12.4 Å². The minimum absolute atomic E-state index is 0.111. The first-order valence-electron chi connectivity index (χ1n) is 7.26. The van der Waals surface area contributed by atoms with Gasteiger partial charge in [-0.05, 0) is 12.8 Å². The monoisotopic (exact) mass is 275 g/mol. The minimum Gasteiger partial charge on any atom is -0.395 e. The molecular formula is C14H21N5O. The summed E-state index contributed by atoms with van der Waals surface area (Å²) in [6.45, 7) is 0.684. The van der Waals surface area contributed by atoms with Crippen LogP contribution in [-0.2, 0) is 0 Å². The standard InChI is InChI=1S/C14H21N5O/c15-12-10-18-7-6-16-13(18)14(17-12)19(8-9-20)11-4-2-1-3-5-11/h6-7,10-11,20H,1-5,8-9,15H2. The first-order chi connectivity index (χ1) is 9.79. The molecule has 2 aromatic rings. The zero-order valence-electron chi connectivity index (χ0n) is 11.6. The quantitative estimate of drug-likeness (QED) is 0.882. The van der Waals surface area contributed by atoms with Crippen LogP contribution in [0.5, 0.6) is 0 Å². The van der Waals surface area contributed by atoms with Crippen LogP contribution in [0, 0.1) is 0 Å². The Morgan fingerprint density at radius 2 is 2.15 bits per heavy atom. The van der Waals surface area contributed by atoms with Gasteiger partial charge in [-0.25, -0.2) is 9.97 Å². The Hall–Kier alpha value is -1.82. The topological polar surface area (TPSA) is 79.7 Å². The van der Waals surface area contributed by atoms with Crippen molar-refractivity contribution in [1.82, 2.24) is 14.4 Å². The lowest BCUT2D eigenvalue weighted by Gasteiger charge is -2.35. The number of rotatable bonds is 4. The number of nitrogen functional groups attached to an aromatic ring is 1. The maximum Gasteiger partial charge on any atom is 0.180 e. The summed E-state index contributed by atoms with van der Waals surface area (Å²) < 4.78 is 1.89. The number of hydrogen-bond acceptors (Lipinski definition) is 5. The number of nitrogens with zero attached hydrogens (tertiary/aromatic N) is 4. The van der Waals surface area contributed by atoms with Crippen LogP contribution in [-0.4, -0.2) is 38.7 Å². The highest BCUT2D eigenvalue weighted by molar-refractivity contribution is 5.66. The molecule has 0 aromatic carbocycles. The number of imidazole rings is 1. The Morgan fingerprint density at radius 3 is 2.90 bits per heavy atom. The molecule has 0 amide bonds. The van der Waals surface area contributed by atoms with Gasteiger partial charge in [-0.3, -0.25) is 0 Å². The maximum absolute atomic E-state index is 9.39. The third kappa shape index (κ3) is 2.43. The maximum atomic E-state index is 9.39. The molecule has 3 rings (SSSR count). The molecular weight excluding hydrogens is 254 g/mol. The number of hydrogen-bond donors (Lipinski definition) is 2. The van der Waals surface area contributed by atoms with Crippen LogP contribution < -0.4 is 10.6 Å². The minimum atomic E-state index is 0.111. The summed E-state index contributed by atoms with van der Waals surface area (Å²) in [4.78, 5) is 11.0. The first-order valence-corrected chi connectivity index (χ1v) is 7.26. The molecule has 0 atom stereocenters. The van der Waals surface area contributed by atoms with E-state index < -0.39 is 0 Å². The normalized spacial score (nSPS) is 16.6. The van der Waals surface area contributed by atoms with Gasteiger partial charge in [-0.1, -0.05) is 19.3 Å². The SMILES string of the molecule is Nc1cn2ccnc2c(N(CCO)C2CCCCC2)n1. The fourth-order valence-corrected chi connectivity index (χ4v) is 3.09. The first kappa shape index (κ1) is 13.2. The molecule has 6 heteroatoms. The van der Waals surface area contributed by atoms with Gasteiger partial charge in [0.1, 0.15) is 5.82 Å². The number of aliphatic hydroxyl groups excluding tert-OH is 1. The predicted molar refractivity (Wildman–Crippen MR) is 78.7 cm³/mol. The van der Waals surface area contributed by atoms with E-state index in [2.05, 4.69) is 14.9 Å². The number of aliphatic hydroxyl groups is 1. The molecule has 20 heavy (non-hydrogen) atoms. The van der Waals surface area contributed by atoms with Gasteiger partial charge < -0.3 is 20.1 Å².